The number of esters is 1. The molecule has 1 saturated heterocycles. The van der Waals surface area contributed by atoms with Gasteiger partial charge in [-0.3, -0.25) is 15.0 Å². The average Bonchev–Trinajstić information content (AvgIpc) is 2.96. The Morgan fingerprint density at radius 2 is 1.65 bits per heavy atom. The molecular weight excluding hydrogens is 336 g/mol. The number of rotatable bonds is 4. The van der Waals surface area contributed by atoms with E-state index in [0.29, 0.717) is 22.6 Å². The Kier molecular flexibility index (Phi) is 4.70. The molecule has 0 radical (unpaired) electrons. The van der Waals surface area contributed by atoms with Crippen LogP contribution >= 0.6 is 0 Å². The number of hydrogen-bond acceptors (Lipinski definition) is 5. The summed E-state index contributed by atoms with van der Waals surface area (Å²) in [5, 5.41) is 1.14. The summed E-state index contributed by atoms with van der Waals surface area (Å²) in [4.78, 5) is 36.2. The molecule has 0 unspecified atom stereocenters. The molecule has 132 valence electrons. The number of hydrazine groups is 1. The van der Waals surface area contributed by atoms with Crippen molar-refractivity contribution in [1.82, 2.24) is 5.43 Å². The predicted octanol–water partition coefficient (Wildman–Crippen LogP) is 1.94. The van der Waals surface area contributed by atoms with Crippen molar-refractivity contribution >= 4 is 29.5 Å². The zero-order valence-corrected chi connectivity index (χ0v) is 14.2. The molecule has 7 heteroatoms. The molecule has 1 N–H and O–H groups in total. The summed E-state index contributed by atoms with van der Waals surface area (Å²) >= 11 is 0. The Hall–Kier alpha value is -3.61. The summed E-state index contributed by atoms with van der Waals surface area (Å²) in [5.41, 5.74) is 4.02. The molecule has 1 heterocycles. The number of anilines is 1. The first kappa shape index (κ1) is 17.2. The molecule has 0 aromatic heterocycles. The predicted molar refractivity (Wildman–Crippen MR) is 94.4 cm³/mol. The van der Waals surface area contributed by atoms with Crippen LogP contribution in [0, 0.1) is 0 Å². The normalized spacial score (nSPS) is 15.2. The molecule has 26 heavy (non-hydrogen) atoms. The van der Waals surface area contributed by atoms with Gasteiger partial charge in [0, 0.05) is 0 Å². The maximum atomic E-state index is 12.6. The number of carbonyl (C=O) groups is 3. The zero-order valence-electron chi connectivity index (χ0n) is 14.2. The fraction of sp³-hybridized carbons (Fsp3) is 0.105. The molecule has 0 spiro atoms. The van der Waals surface area contributed by atoms with E-state index in [2.05, 4.69) is 10.2 Å². The summed E-state index contributed by atoms with van der Waals surface area (Å²) in [6.45, 7) is 0. The second kappa shape index (κ2) is 7.10. The lowest BCUT2D eigenvalue weighted by atomic mass is 10.1. The first-order valence-electron chi connectivity index (χ1n) is 7.73. The van der Waals surface area contributed by atoms with Crippen molar-refractivity contribution in [2.75, 3.05) is 19.2 Å². The van der Waals surface area contributed by atoms with Crippen molar-refractivity contribution in [3.05, 3.63) is 65.2 Å². The third-order valence-corrected chi connectivity index (χ3v) is 3.86. The van der Waals surface area contributed by atoms with Crippen LogP contribution in [-0.2, 0) is 14.3 Å². The van der Waals surface area contributed by atoms with Crippen LogP contribution in [0.5, 0.6) is 5.75 Å². The maximum Gasteiger partial charge on any atom is 0.337 e. The minimum absolute atomic E-state index is 0.0206. The van der Waals surface area contributed by atoms with E-state index in [-0.39, 0.29) is 5.57 Å². The van der Waals surface area contributed by atoms with Crippen molar-refractivity contribution in [2.24, 2.45) is 0 Å². The highest BCUT2D eigenvalue weighted by Crippen LogP contribution is 2.22. The Bertz CT molecular complexity index is 885. The van der Waals surface area contributed by atoms with Crippen LogP contribution in [0.1, 0.15) is 15.9 Å². The van der Waals surface area contributed by atoms with Gasteiger partial charge in [0.25, 0.3) is 11.8 Å². The summed E-state index contributed by atoms with van der Waals surface area (Å²) in [6.07, 6.45) is 1.51. The van der Waals surface area contributed by atoms with Crippen molar-refractivity contribution in [1.29, 1.82) is 0 Å². The third-order valence-electron chi connectivity index (χ3n) is 3.86. The summed E-state index contributed by atoms with van der Waals surface area (Å²) in [5.74, 6) is -0.769. The van der Waals surface area contributed by atoms with Gasteiger partial charge in [-0.2, -0.15) is 0 Å². The SMILES string of the molecule is COC(=O)c1ccc(N2NC(=O)C(=Cc3ccc(OC)cc3)C2=O)cc1. The lowest BCUT2D eigenvalue weighted by Crippen LogP contribution is -2.35. The first-order chi connectivity index (χ1) is 12.5. The highest BCUT2D eigenvalue weighted by Gasteiger charge is 2.34. The molecule has 1 aliphatic heterocycles. The molecule has 3 rings (SSSR count). The number of benzene rings is 2. The number of hydrogen-bond donors (Lipinski definition) is 1. The van der Waals surface area contributed by atoms with Gasteiger partial charge < -0.3 is 9.47 Å². The van der Waals surface area contributed by atoms with E-state index < -0.39 is 17.8 Å². The van der Waals surface area contributed by atoms with Crippen LogP contribution in [0.4, 0.5) is 5.69 Å². The second-order valence-corrected chi connectivity index (χ2v) is 5.45. The van der Waals surface area contributed by atoms with Gasteiger partial charge in [0.15, 0.2) is 0 Å². The Morgan fingerprint density at radius 1 is 1.00 bits per heavy atom. The van der Waals surface area contributed by atoms with Crippen LogP contribution in [-0.4, -0.2) is 32.0 Å². The molecule has 2 aromatic rings. The van der Waals surface area contributed by atoms with Crippen LogP contribution in [0.3, 0.4) is 0 Å². The quantitative estimate of drug-likeness (QED) is 0.516. The van der Waals surface area contributed by atoms with E-state index in [1.54, 1.807) is 43.5 Å². The summed E-state index contributed by atoms with van der Waals surface area (Å²) in [6, 6.07) is 13.1. The fourth-order valence-electron chi connectivity index (χ4n) is 2.47. The van der Waals surface area contributed by atoms with Crippen molar-refractivity contribution in [3.63, 3.8) is 0 Å². The van der Waals surface area contributed by atoms with Crippen LogP contribution in [0.15, 0.2) is 54.1 Å². The van der Waals surface area contributed by atoms with Crippen LogP contribution < -0.4 is 15.2 Å². The van der Waals surface area contributed by atoms with Gasteiger partial charge in [-0.15, -0.1) is 0 Å². The number of methoxy groups -OCH3 is 2. The van der Waals surface area contributed by atoms with Crippen molar-refractivity contribution in [2.45, 2.75) is 0 Å². The molecule has 0 bridgehead atoms. The zero-order chi connectivity index (χ0) is 18.7. The maximum absolute atomic E-state index is 12.6. The van der Waals surface area contributed by atoms with E-state index in [4.69, 9.17) is 4.74 Å². The largest absolute Gasteiger partial charge is 0.497 e. The van der Waals surface area contributed by atoms with Crippen molar-refractivity contribution in [3.8, 4) is 5.75 Å². The highest BCUT2D eigenvalue weighted by atomic mass is 16.5. The topological polar surface area (TPSA) is 84.9 Å². The van der Waals surface area contributed by atoms with E-state index in [1.807, 2.05) is 0 Å². The molecule has 2 aromatic carbocycles. The van der Waals surface area contributed by atoms with E-state index in [1.165, 1.54) is 25.3 Å². The number of carbonyl (C=O) groups excluding carboxylic acids is 3. The number of ether oxygens (including phenoxy) is 2. The Labute approximate surface area is 149 Å². The summed E-state index contributed by atoms with van der Waals surface area (Å²) < 4.78 is 9.72. The number of nitrogens with one attached hydrogen (secondary N) is 1. The van der Waals surface area contributed by atoms with E-state index in [0.717, 1.165) is 5.01 Å². The molecule has 0 saturated carbocycles. The minimum atomic E-state index is -0.497. The van der Waals surface area contributed by atoms with Gasteiger partial charge in [-0.05, 0) is 48.0 Å². The van der Waals surface area contributed by atoms with Gasteiger partial charge in [0.1, 0.15) is 11.3 Å². The first-order valence-corrected chi connectivity index (χ1v) is 7.73. The lowest BCUT2D eigenvalue weighted by molar-refractivity contribution is -0.117. The molecule has 0 atom stereocenters. The summed E-state index contributed by atoms with van der Waals surface area (Å²) in [7, 11) is 2.85. The Morgan fingerprint density at radius 3 is 2.23 bits per heavy atom. The van der Waals surface area contributed by atoms with Gasteiger partial charge >= 0.3 is 5.97 Å². The van der Waals surface area contributed by atoms with E-state index >= 15 is 0 Å². The lowest BCUT2D eigenvalue weighted by Gasteiger charge is -2.14. The molecule has 1 fully saturated rings. The molecule has 1 aliphatic rings. The molecule has 7 nitrogen and oxygen atoms in total. The van der Waals surface area contributed by atoms with Gasteiger partial charge in [-0.25, -0.2) is 9.80 Å². The van der Waals surface area contributed by atoms with Crippen molar-refractivity contribution < 1.29 is 23.9 Å². The van der Waals surface area contributed by atoms with Gasteiger partial charge in [0.2, 0.25) is 0 Å². The molecule has 2 amide bonds. The second-order valence-electron chi connectivity index (χ2n) is 5.45. The van der Waals surface area contributed by atoms with Crippen LogP contribution in [0.25, 0.3) is 6.08 Å². The van der Waals surface area contributed by atoms with Crippen LogP contribution in [0.2, 0.25) is 0 Å². The fourth-order valence-corrected chi connectivity index (χ4v) is 2.47. The average molecular weight is 352 g/mol. The van der Waals surface area contributed by atoms with Gasteiger partial charge in [0.05, 0.1) is 25.5 Å². The third kappa shape index (κ3) is 3.27. The van der Waals surface area contributed by atoms with Gasteiger partial charge in [-0.1, -0.05) is 12.1 Å². The molecular formula is C19H16N2O5. The number of nitrogens with zero attached hydrogens (tertiary/aromatic N) is 1. The van der Waals surface area contributed by atoms with E-state index in [9.17, 15) is 14.4 Å². The standard InChI is InChI=1S/C19H16N2O5/c1-25-15-9-3-12(4-10-15)11-16-17(22)20-21(18(16)23)14-7-5-13(6-8-14)19(24)26-2/h3-11H,1-2H3,(H,20,22). The monoisotopic (exact) mass is 352 g/mol. The Balaban J connectivity index is 1.84. The smallest absolute Gasteiger partial charge is 0.337 e. The highest BCUT2D eigenvalue weighted by molar-refractivity contribution is 6.31. The minimum Gasteiger partial charge on any atom is -0.497 e. The number of amides is 2. The molecule has 0 aliphatic carbocycles.